The molecular formula is C9H20FO2P. The lowest BCUT2D eigenvalue weighted by Gasteiger charge is -2.15. The second-order valence-electron chi connectivity index (χ2n) is 3.37. The van der Waals surface area contributed by atoms with Crippen LogP contribution >= 0.6 is 7.68 Å². The van der Waals surface area contributed by atoms with E-state index in [9.17, 15) is 8.76 Å². The lowest BCUT2D eigenvalue weighted by molar-refractivity contribution is 0.193. The molecule has 2 atom stereocenters. The highest BCUT2D eigenvalue weighted by Gasteiger charge is 2.23. The molecule has 0 aromatic carbocycles. The van der Waals surface area contributed by atoms with E-state index in [-0.39, 0.29) is 12.3 Å². The lowest BCUT2D eigenvalue weighted by Crippen LogP contribution is -2.05. The average Bonchev–Trinajstić information content (AvgIpc) is 1.99. The molecule has 0 amide bonds. The molecule has 0 rings (SSSR count). The van der Waals surface area contributed by atoms with Gasteiger partial charge >= 0.3 is 7.68 Å². The molecule has 0 radical (unpaired) electrons. The Hall–Kier alpha value is 0.120. The van der Waals surface area contributed by atoms with Crippen molar-refractivity contribution in [1.82, 2.24) is 0 Å². The fourth-order valence-corrected chi connectivity index (χ4v) is 2.42. The van der Waals surface area contributed by atoms with E-state index in [4.69, 9.17) is 4.52 Å². The molecule has 0 N–H and O–H groups in total. The Kier molecular flexibility index (Phi) is 6.62. The van der Waals surface area contributed by atoms with Gasteiger partial charge in [-0.05, 0) is 19.8 Å². The van der Waals surface area contributed by atoms with Gasteiger partial charge in [0.05, 0.1) is 12.3 Å². The quantitative estimate of drug-likeness (QED) is 0.590. The van der Waals surface area contributed by atoms with E-state index in [0.717, 1.165) is 19.3 Å². The SMILES string of the molecule is CCCCC(C)OP(=O)(F)CCC. The van der Waals surface area contributed by atoms with Gasteiger partial charge in [-0.15, -0.1) is 0 Å². The second kappa shape index (κ2) is 6.56. The molecule has 0 saturated heterocycles. The van der Waals surface area contributed by atoms with Crippen LogP contribution < -0.4 is 0 Å². The summed E-state index contributed by atoms with van der Waals surface area (Å²) in [4.78, 5) is 0. The number of rotatable bonds is 7. The highest BCUT2D eigenvalue weighted by atomic mass is 31.2. The third-order valence-electron chi connectivity index (χ3n) is 1.79. The number of hydrogen-bond acceptors (Lipinski definition) is 2. The van der Waals surface area contributed by atoms with E-state index in [1.54, 1.807) is 13.8 Å². The lowest BCUT2D eigenvalue weighted by atomic mass is 10.2. The molecule has 0 aliphatic heterocycles. The summed E-state index contributed by atoms with van der Waals surface area (Å²) in [5, 5.41) is 0. The molecule has 2 unspecified atom stereocenters. The summed E-state index contributed by atoms with van der Waals surface area (Å²) in [6.07, 6.45) is 3.22. The Morgan fingerprint density at radius 1 is 1.38 bits per heavy atom. The van der Waals surface area contributed by atoms with E-state index >= 15 is 0 Å². The predicted molar refractivity (Wildman–Crippen MR) is 53.9 cm³/mol. The van der Waals surface area contributed by atoms with Crippen LogP contribution in [0.15, 0.2) is 0 Å². The van der Waals surface area contributed by atoms with Crippen LogP contribution in [0.2, 0.25) is 0 Å². The first-order chi connectivity index (χ1) is 6.02. The van der Waals surface area contributed by atoms with E-state index in [1.165, 1.54) is 0 Å². The van der Waals surface area contributed by atoms with E-state index in [2.05, 4.69) is 6.92 Å². The summed E-state index contributed by atoms with van der Waals surface area (Å²) in [5.74, 6) is 0. The van der Waals surface area contributed by atoms with Gasteiger partial charge in [0.1, 0.15) is 0 Å². The van der Waals surface area contributed by atoms with Crippen molar-refractivity contribution in [2.45, 2.75) is 52.6 Å². The third kappa shape index (κ3) is 7.21. The molecule has 0 saturated carbocycles. The molecule has 0 bridgehead atoms. The average molecular weight is 210 g/mol. The molecule has 0 aromatic heterocycles. The minimum atomic E-state index is -3.79. The predicted octanol–water partition coefficient (Wildman–Crippen LogP) is 4.15. The van der Waals surface area contributed by atoms with Crippen LogP contribution in [0.25, 0.3) is 0 Å². The van der Waals surface area contributed by atoms with Gasteiger partial charge in [-0.25, -0.2) is 0 Å². The van der Waals surface area contributed by atoms with Gasteiger partial charge in [-0.3, -0.25) is 4.57 Å². The summed E-state index contributed by atoms with van der Waals surface area (Å²) in [5.41, 5.74) is 0. The fourth-order valence-electron chi connectivity index (χ4n) is 1.13. The molecule has 0 aliphatic rings. The van der Waals surface area contributed by atoms with Crippen LogP contribution in [0.3, 0.4) is 0 Å². The largest absolute Gasteiger partial charge is 0.367 e. The van der Waals surface area contributed by atoms with Crippen molar-refractivity contribution in [1.29, 1.82) is 0 Å². The van der Waals surface area contributed by atoms with E-state index < -0.39 is 7.68 Å². The zero-order valence-electron chi connectivity index (χ0n) is 8.75. The van der Waals surface area contributed by atoms with Crippen LogP contribution in [0, 0.1) is 0 Å². The molecule has 0 heterocycles. The molecule has 0 aromatic rings. The minimum Gasteiger partial charge on any atom is -0.302 e. The summed E-state index contributed by atoms with van der Waals surface area (Å²) in [6, 6.07) is 0. The van der Waals surface area contributed by atoms with Crippen LogP contribution in [0.1, 0.15) is 46.5 Å². The number of hydrogen-bond donors (Lipinski definition) is 0. The van der Waals surface area contributed by atoms with E-state index in [0.29, 0.717) is 6.42 Å². The highest BCUT2D eigenvalue weighted by Crippen LogP contribution is 2.50. The maximum Gasteiger partial charge on any atom is 0.367 e. The normalized spacial score (nSPS) is 18.2. The van der Waals surface area contributed by atoms with Crippen LogP contribution in [0.5, 0.6) is 0 Å². The fraction of sp³-hybridized carbons (Fsp3) is 1.00. The van der Waals surface area contributed by atoms with Crippen molar-refractivity contribution in [3.05, 3.63) is 0 Å². The van der Waals surface area contributed by atoms with Crippen LogP contribution in [0.4, 0.5) is 4.20 Å². The minimum absolute atomic E-state index is 0.0451. The van der Waals surface area contributed by atoms with Gasteiger partial charge in [0.25, 0.3) is 0 Å². The van der Waals surface area contributed by atoms with Crippen molar-refractivity contribution >= 4 is 7.68 Å². The van der Waals surface area contributed by atoms with Crippen molar-refractivity contribution < 1.29 is 13.3 Å². The molecule has 0 spiro atoms. The standard InChI is InChI=1S/C9H20FO2P/c1-4-6-7-9(3)12-13(10,11)8-5-2/h9H,4-8H2,1-3H3. The van der Waals surface area contributed by atoms with Crippen molar-refractivity contribution in [2.75, 3.05) is 6.16 Å². The first kappa shape index (κ1) is 13.1. The first-order valence-electron chi connectivity index (χ1n) is 4.99. The summed E-state index contributed by atoms with van der Waals surface area (Å²) >= 11 is 0. The van der Waals surface area contributed by atoms with Gasteiger partial charge in [-0.1, -0.05) is 26.7 Å². The maximum atomic E-state index is 13.1. The Morgan fingerprint density at radius 3 is 2.46 bits per heavy atom. The van der Waals surface area contributed by atoms with Crippen molar-refractivity contribution in [2.24, 2.45) is 0 Å². The topological polar surface area (TPSA) is 26.3 Å². The molecule has 0 fully saturated rings. The Balaban J connectivity index is 3.75. The number of unbranched alkanes of at least 4 members (excludes halogenated alkanes) is 1. The molecule has 13 heavy (non-hydrogen) atoms. The van der Waals surface area contributed by atoms with E-state index in [1.807, 2.05) is 0 Å². The first-order valence-corrected chi connectivity index (χ1v) is 6.69. The molecular weight excluding hydrogens is 190 g/mol. The maximum absolute atomic E-state index is 13.1. The van der Waals surface area contributed by atoms with Gasteiger partial charge in [0.15, 0.2) is 0 Å². The Morgan fingerprint density at radius 2 is 2.00 bits per heavy atom. The smallest absolute Gasteiger partial charge is 0.302 e. The summed E-state index contributed by atoms with van der Waals surface area (Å²) in [7, 11) is -3.79. The van der Waals surface area contributed by atoms with Gasteiger partial charge < -0.3 is 4.52 Å². The molecule has 80 valence electrons. The Labute approximate surface area is 80.4 Å². The zero-order valence-corrected chi connectivity index (χ0v) is 9.65. The van der Waals surface area contributed by atoms with Gasteiger partial charge in [0, 0.05) is 0 Å². The van der Waals surface area contributed by atoms with Crippen molar-refractivity contribution in [3.63, 3.8) is 0 Å². The zero-order chi connectivity index (χ0) is 10.3. The van der Waals surface area contributed by atoms with Crippen LogP contribution in [-0.2, 0) is 9.09 Å². The highest BCUT2D eigenvalue weighted by molar-refractivity contribution is 7.53. The third-order valence-corrected chi connectivity index (χ3v) is 3.45. The molecule has 4 heteroatoms. The van der Waals surface area contributed by atoms with Gasteiger partial charge in [0.2, 0.25) is 0 Å². The summed E-state index contributed by atoms with van der Waals surface area (Å²) < 4.78 is 29.1. The number of halogens is 1. The van der Waals surface area contributed by atoms with Gasteiger partial charge in [-0.2, -0.15) is 4.20 Å². The Bertz CT molecular complexity index is 173. The monoisotopic (exact) mass is 210 g/mol. The molecule has 2 nitrogen and oxygen atoms in total. The molecule has 0 aliphatic carbocycles. The second-order valence-corrected chi connectivity index (χ2v) is 5.21. The van der Waals surface area contributed by atoms with Crippen molar-refractivity contribution in [3.8, 4) is 0 Å². The van der Waals surface area contributed by atoms with Crippen LogP contribution in [-0.4, -0.2) is 12.3 Å². The summed E-state index contributed by atoms with van der Waals surface area (Å²) in [6.45, 7) is 5.64.